The van der Waals surface area contributed by atoms with Crippen molar-refractivity contribution in [2.45, 2.75) is 13.3 Å². The zero-order valence-electron chi connectivity index (χ0n) is 8.43. The molecule has 0 aliphatic carbocycles. The average molecular weight is 361 g/mol. The third-order valence-corrected chi connectivity index (χ3v) is 4.05. The van der Waals surface area contributed by atoms with Gasteiger partial charge < -0.3 is 0 Å². The van der Waals surface area contributed by atoms with Gasteiger partial charge in [0.1, 0.15) is 5.82 Å². The first-order chi connectivity index (χ1) is 7.35. The van der Waals surface area contributed by atoms with Crippen LogP contribution in [0.1, 0.15) is 13.3 Å². The van der Waals surface area contributed by atoms with E-state index in [1.807, 2.05) is 0 Å². The van der Waals surface area contributed by atoms with Crippen molar-refractivity contribution in [3.05, 3.63) is 27.3 Å². The molecule has 3 nitrogen and oxygen atoms in total. The topological polar surface area (TPSA) is 46.2 Å². The summed E-state index contributed by atoms with van der Waals surface area (Å²) in [7, 11) is -3.56. The molecule has 16 heavy (non-hydrogen) atoms. The molecule has 0 heterocycles. The maximum absolute atomic E-state index is 13.3. The molecule has 0 radical (unpaired) electrons. The van der Waals surface area contributed by atoms with Gasteiger partial charge in [-0.15, -0.1) is 0 Å². The Balaban J connectivity index is 3.07. The van der Waals surface area contributed by atoms with E-state index < -0.39 is 21.7 Å². The quantitative estimate of drug-likeness (QED) is 0.839. The van der Waals surface area contributed by atoms with Crippen molar-refractivity contribution in [1.29, 1.82) is 0 Å². The van der Waals surface area contributed by atoms with E-state index in [1.54, 1.807) is 29.5 Å². The number of halogens is 3. The number of hydrogen-bond donors (Lipinski definition) is 1. The molecular formula is C9H10F2INO2S. The molecule has 1 aromatic rings. The molecule has 0 saturated heterocycles. The van der Waals surface area contributed by atoms with Crippen molar-refractivity contribution < 1.29 is 17.2 Å². The highest BCUT2D eigenvalue weighted by Gasteiger charge is 2.15. The number of anilines is 1. The molecule has 0 spiro atoms. The molecule has 1 aromatic carbocycles. The Morgan fingerprint density at radius 1 is 1.38 bits per heavy atom. The van der Waals surface area contributed by atoms with Crippen LogP contribution in [0.5, 0.6) is 0 Å². The first-order valence-electron chi connectivity index (χ1n) is 4.50. The van der Waals surface area contributed by atoms with Gasteiger partial charge >= 0.3 is 0 Å². The second-order valence-electron chi connectivity index (χ2n) is 3.17. The summed E-state index contributed by atoms with van der Waals surface area (Å²) in [6.07, 6.45) is 0.425. The van der Waals surface area contributed by atoms with Crippen LogP contribution in [-0.2, 0) is 10.0 Å². The van der Waals surface area contributed by atoms with Crippen LogP contribution in [0.25, 0.3) is 0 Å². The predicted molar refractivity (Wildman–Crippen MR) is 66.8 cm³/mol. The van der Waals surface area contributed by atoms with Crippen molar-refractivity contribution >= 4 is 38.3 Å². The maximum Gasteiger partial charge on any atom is 0.232 e. The zero-order valence-corrected chi connectivity index (χ0v) is 11.4. The van der Waals surface area contributed by atoms with Crippen molar-refractivity contribution in [3.8, 4) is 0 Å². The van der Waals surface area contributed by atoms with Gasteiger partial charge in [-0.2, -0.15) is 0 Å². The smallest absolute Gasteiger partial charge is 0.232 e. The summed E-state index contributed by atoms with van der Waals surface area (Å²) < 4.78 is 51.2. The minimum Gasteiger partial charge on any atom is -0.279 e. The lowest BCUT2D eigenvalue weighted by molar-refractivity contribution is 0.581. The number of rotatable bonds is 4. The van der Waals surface area contributed by atoms with Gasteiger partial charge in [0.05, 0.1) is 11.4 Å². The van der Waals surface area contributed by atoms with Crippen LogP contribution in [0, 0.1) is 15.2 Å². The van der Waals surface area contributed by atoms with Crippen molar-refractivity contribution in [2.75, 3.05) is 10.5 Å². The normalized spacial score (nSPS) is 11.5. The number of nitrogens with one attached hydrogen (secondary N) is 1. The van der Waals surface area contributed by atoms with Gasteiger partial charge in [0.15, 0.2) is 5.82 Å². The third kappa shape index (κ3) is 3.55. The number of sulfonamides is 1. The molecule has 0 saturated carbocycles. The lowest BCUT2D eigenvalue weighted by atomic mass is 10.3. The monoisotopic (exact) mass is 361 g/mol. The summed E-state index contributed by atoms with van der Waals surface area (Å²) in [6, 6.07) is 1.71. The minimum absolute atomic E-state index is 0.0973. The fourth-order valence-corrected chi connectivity index (χ4v) is 3.15. The minimum atomic E-state index is -3.56. The second-order valence-corrected chi connectivity index (χ2v) is 6.17. The average Bonchev–Trinajstić information content (AvgIpc) is 2.11. The molecule has 0 aliphatic rings. The number of hydrogen-bond acceptors (Lipinski definition) is 2. The van der Waals surface area contributed by atoms with Crippen LogP contribution >= 0.6 is 22.6 Å². The Morgan fingerprint density at radius 2 is 2.00 bits per heavy atom. The van der Waals surface area contributed by atoms with Crippen molar-refractivity contribution in [2.24, 2.45) is 0 Å². The highest BCUT2D eigenvalue weighted by atomic mass is 127. The van der Waals surface area contributed by atoms with E-state index >= 15 is 0 Å². The molecule has 0 aliphatic heterocycles. The summed E-state index contributed by atoms with van der Waals surface area (Å²) in [4.78, 5) is 0. The number of benzene rings is 1. The lowest BCUT2D eigenvalue weighted by Crippen LogP contribution is -2.18. The summed E-state index contributed by atoms with van der Waals surface area (Å²) in [5, 5.41) is 0. The Kier molecular flexibility index (Phi) is 4.48. The van der Waals surface area contributed by atoms with Crippen LogP contribution in [0.3, 0.4) is 0 Å². The lowest BCUT2D eigenvalue weighted by Gasteiger charge is -2.10. The summed E-state index contributed by atoms with van der Waals surface area (Å²) in [6.45, 7) is 1.70. The van der Waals surface area contributed by atoms with Gasteiger partial charge in [-0.3, -0.25) is 4.72 Å². The molecule has 7 heteroatoms. The standard InChI is InChI=1S/C9H10F2INO2S/c1-2-3-16(14,15)13-9-7(11)4-6(10)5-8(9)12/h4-5,13H,2-3H2,1H3. The van der Waals surface area contributed by atoms with E-state index in [0.717, 1.165) is 6.07 Å². The highest BCUT2D eigenvalue weighted by molar-refractivity contribution is 14.1. The van der Waals surface area contributed by atoms with Crippen molar-refractivity contribution in [1.82, 2.24) is 0 Å². The Morgan fingerprint density at radius 3 is 2.50 bits per heavy atom. The van der Waals surface area contributed by atoms with Crippen LogP contribution in [-0.4, -0.2) is 14.2 Å². The van der Waals surface area contributed by atoms with Gasteiger partial charge in [0.2, 0.25) is 10.0 Å². The molecule has 0 atom stereocenters. The van der Waals surface area contributed by atoms with Crippen LogP contribution in [0.2, 0.25) is 0 Å². The van der Waals surface area contributed by atoms with E-state index in [4.69, 9.17) is 0 Å². The van der Waals surface area contributed by atoms with Gasteiger partial charge in [-0.1, -0.05) is 6.92 Å². The maximum atomic E-state index is 13.3. The molecule has 90 valence electrons. The molecule has 1 N–H and O–H groups in total. The largest absolute Gasteiger partial charge is 0.279 e. The third-order valence-electron chi connectivity index (χ3n) is 1.74. The molecular weight excluding hydrogens is 351 g/mol. The van der Waals surface area contributed by atoms with E-state index in [9.17, 15) is 17.2 Å². The Hall–Kier alpha value is -0.440. The van der Waals surface area contributed by atoms with Gasteiger partial charge in [-0.25, -0.2) is 17.2 Å². The molecule has 0 fully saturated rings. The zero-order chi connectivity index (χ0) is 12.3. The molecule has 0 bridgehead atoms. The van der Waals surface area contributed by atoms with E-state index in [2.05, 4.69) is 4.72 Å². The first-order valence-corrected chi connectivity index (χ1v) is 7.24. The first kappa shape index (κ1) is 13.6. The Bertz CT molecular complexity index is 467. The molecule has 0 unspecified atom stereocenters. The van der Waals surface area contributed by atoms with Gasteiger partial charge in [0, 0.05) is 9.64 Å². The van der Waals surface area contributed by atoms with Gasteiger partial charge in [0.25, 0.3) is 0 Å². The summed E-state index contributed by atoms with van der Waals surface area (Å²) in [5.74, 6) is -1.75. The van der Waals surface area contributed by atoms with Crippen LogP contribution in [0.4, 0.5) is 14.5 Å². The van der Waals surface area contributed by atoms with Crippen LogP contribution in [0.15, 0.2) is 12.1 Å². The molecule has 0 aromatic heterocycles. The fraction of sp³-hybridized carbons (Fsp3) is 0.333. The van der Waals surface area contributed by atoms with Crippen molar-refractivity contribution in [3.63, 3.8) is 0 Å². The molecule has 0 amide bonds. The van der Waals surface area contributed by atoms with Gasteiger partial charge in [-0.05, 0) is 35.1 Å². The van der Waals surface area contributed by atoms with E-state index in [-0.39, 0.29) is 15.0 Å². The predicted octanol–water partition coefficient (Wildman–Crippen LogP) is 2.72. The molecule has 1 rings (SSSR count). The second kappa shape index (κ2) is 5.26. The fourth-order valence-electron chi connectivity index (χ4n) is 1.11. The van der Waals surface area contributed by atoms with E-state index in [1.165, 1.54) is 0 Å². The summed E-state index contributed by atoms with van der Waals surface area (Å²) in [5.41, 5.74) is -0.199. The Labute approximate surface area is 106 Å². The summed E-state index contributed by atoms with van der Waals surface area (Å²) >= 11 is 1.67. The highest BCUT2D eigenvalue weighted by Crippen LogP contribution is 2.24. The van der Waals surface area contributed by atoms with E-state index in [0.29, 0.717) is 12.5 Å². The van der Waals surface area contributed by atoms with Crippen LogP contribution < -0.4 is 4.72 Å². The SMILES string of the molecule is CCCS(=O)(=O)Nc1c(F)cc(F)cc1I.